The van der Waals surface area contributed by atoms with E-state index in [0.29, 0.717) is 43.7 Å². The minimum Gasteiger partial charge on any atom is -0.370 e. The second-order valence-electron chi connectivity index (χ2n) is 19.1. The van der Waals surface area contributed by atoms with Gasteiger partial charge in [0.05, 0.1) is 17.1 Å². The molecule has 0 spiro atoms. The molecule has 1 aromatic heterocycles. The van der Waals surface area contributed by atoms with Crippen LogP contribution in [-0.2, 0) is 40.6 Å². The predicted molar refractivity (Wildman–Crippen MR) is 253 cm³/mol. The van der Waals surface area contributed by atoms with Crippen molar-refractivity contribution in [3.8, 4) is 0 Å². The molecule has 3 saturated heterocycles. The summed E-state index contributed by atoms with van der Waals surface area (Å²) in [4.78, 5) is 109. The second-order valence-corrected chi connectivity index (χ2v) is 19.1. The molecule has 0 bridgehead atoms. The Labute approximate surface area is 395 Å². The van der Waals surface area contributed by atoms with Gasteiger partial charge in [0.25, 0.3) is 0 Å². The van der Waals surface area contributed by atoms with Crippen molar-refractivity contribution in [3.05, 3.63) is 106 Å². The molecule has 2 unspecified atom stereocenters. The number of amides is 7. The van der Waals surface area contributed by atoms with Crippen molar-refractivity contribution in [2.75, 3.05) is 13.1 Å². The number of rotatable bonds is 15. The van der Waals surface area contributed by atoms with Crippen LogP contribution in [0.25, 0.3) is 11.0 Å². The number of aryl methyl sites for hydroxylation is 1. The highest BCUT2D eigenvalue weighted by atomic mass is 16.2. The van der Waals surface area contributed by atoms with E-state index in [1.165, 1.54) is 4.57 Å². The standard InChI is InChI=1S/C51H63N9O8/c1-57-42-29-35(20-22-39(42)60(51(57)68)41-24-25-44(62)55-49(41)66)32-18-15-31(16-19-32)17-26-45(63)58-28-27-36-21-23-40(59(36)50(67)37(52)30-58)48(65)54-38(13-8-14-43(53)61)47(64)56-46(33-9-4-2-5-10-33)34-11-6-3-7-12-34/h2-7,9-12,20,22,29,31-32,36-38,40-41,46H,8,13-19,21,23-28,30,52H2,1H3,(H2,53,61)(H,54,65)(H,56,64)(H,55,62,66)/t31?,32?,36-,37+,38?,40+,41?/m1/s1. The van der Waals surface area contributed by atoms with Crippen molar-refractivity contribution in [2.24, 2.45) is 24.4 Å². The number of nitrogens with one attached hydrogen (secondary N) is 3. The van der Waals surface area contributed by atoms with Crippen molar-refractivity contribution in [1.29, 1.82) is 0 Å². The fourth-order valence-corrected chi connectivity index (χ4v) is 10.9. The number of piperidine rings is 1. The normalized spacial score (nSPS) is 23.7. The molecule has 3 aromatic carbocycles. The summed E-state index contributed by atoms with van der Waals surface area (Å²) in [7, 11) is 1.70. The lowest BCUT2D eigenvalue weighted by atomic mass is 9.77. The fourth-order valence-electron chi connectivity index (χ4n) is 10.9. The number of hydrogen-bond acceptors (Lipinski definition) is 9. The Bertz CT molecular complexity index is 2550. The molecule has 5 atom stereocenters. The number of fused-ring (bicyclic) bond motifs is 2. The average molecular weight is 930 g/mol. The maximum atomic E-state index is 14.1. The zero-order valence-corrected chi connectivity index (χ0v) is 38.6. The van der Waals surface area contributed by atoms with Gasteiger partial charge in [0.2, 0.25) is 41.4 Å². The quantitative estimate of drug-likeness (QED) is 0.110. The van der Waals surface area contributed by atoms with Gasteiger partial charge in [-0.2, -0.15) is 0 Å². The molecule has 17 nitrogen and oxygen atoms in total. The summed E-state index contributed by atoms with van der Waals surface area (Å²) >= 11 is 0. The monoisotopic (exact) mass is 929 g/mol. The summed E-state index contributed by atoms with van der Waals surface area (Å²) in [6, 6.07) is 20.5. The van der Waals surface area contributed by atoms with Gasteiger partial charge >= 0.3 is 5.69 Å². The molecule has 7 N–H and O–H groups in total. The minimum absolute atomic E-state index is 0.0384. The Hall–Kier alpha value is -6.62. The molecule has 0 radical (unpaired) electrons. The van der Waals surface area contributed by atoms with Crippen LogP contribution in [0.3, 0.4) is 0 Å². The van der Waals surface area contributed by atoms with Crippen molar-refractivity contribution >= 4 is 52.4 Å². The van der Waals surface area contributed by atoms with E-state index in [-0.39, 0.29) is 68.1 Å². The highest BCUT2D eigenvalue weighted by Gasteiger charge is 2.45. The molecular weight excluding hydrogens is 867 g/mol. The third-order valence-electron chi connectivity index (χ3n) is 14.7. The maximum absolute atomic E-state index is 14.1. The number of imidazole rings is 1. The van der Waals surface area contributed by atoms with Crippen LogP contribution in [-0.4, -0.2) is 97.5 Å². The Balaban J connectivity index is 0.847. The molecule has 68 heavy (non-hydrogen) atoms. The SMILES string of the molecule is Cn1c(=O)n(C2CCC(=O)NC2=O)c2ccc(C3CCC(CCC(=O)N4CC[C@H]5CC[C@@H](C(=O)NC(CCCC(N)=O)C(=O)NC(c6ccccc6)c6ccccc6)N5C(=O)[C@@H](N)C4)CC3)cc21. The van der Waals surface area contributed by atoms with Crippen LogP contribution < -0.4 is 33.1 Å². The number of hydrogen-bond donors (Lipinski definition) is 5. The maximum Gasteiger partial charge on any atom is 0.329 e. The lowest BCUT2D eigenvalue weighted by Gasteiger charge is -2.38. The number of nitrogens with zero attached hydrogens (tertiary/aromatic N) is 4. The summed E-state index contributed by atoms with van der Waals surface area (Å²) in [6.45, 7) is 0.438. The molecule has 17 heteroatoms. The van der Waals surface area contributed by atoms with E-state index in [0.717, 1.165) is 54.3 Å². The van der Waals surface area contributed by atoms with Crippen LogP contribution in [0.4, 0.5) is 0 Å². The molecule has 4 heterocycles. The van der Waals surface area contributed by atoms with Gasteiger partial charge in [-0.3, -0.25) is 48.0 Å². The summed E-state index contributed by atoms with van der Waals surface area (Å²) in [5.41, 5.74) is 15.9. The Morgan fingerprint density at radius 1 is 0.794 bits per heavy atom. The van der Waals surface area contributed by atoms with Crippen LogP contribution in [0, 0.1) is 5.92 Å². The van der Waals surface area contributed by atoms with Gasteiger partial charge in [-0.25, -0.2) is 4.79 Å². The number of imide groups is 1. The Morgan fingerprint density at radius 2 is 1.49 bits per heavy atom. The van der Waals surface area contributed by atoms with Crippen LogP contribution >= 0.6 is 0 Å². The number of carbonyl (C=O) groups is 7. The van der Waals surface area contributed by atoms with E-state index in [1.807, 2.05) is 78.9 Å². The zero-order valence-electron chi connectivity index (χ0n) is 38.6. The number of benzene rings is 3. The summed E-state index contributed by atoms with van der Waals surface area (Å²) in [5, 5.41) is 8.39. The molecule has 1 saturated carbocycles. The van der Waals surface area contributed by atoms with E-state index >= 15 is 0 Å². The van der Waals surface area contributed by atoms with Gasteiger partial charge in [0.1, 0.15) is 24.2 Å². The van der Waals surface area contributed by atoms with E-state index < -0.39 is 59.7 Å². The first kappa shape index (κ1) is 47.9. The van der Waals surface area contributed by atoms with E-state index in [2.05, 4.69) is 16.0 Å². The predicted octanol–water partition coefficient (Wildman–Crippen LogP) is 3.34. The lowest BCUT2D eigenvalue weighted by molar-refractivity contribution is -0.145. The highest BCUT2D eigenvalue weighted by molar-refractivity contribution is 6.00. The van der Waals surface area contributed by atoms with Gasteiger partial charge in [0, 0.05) is 45.4 Å². The zero-order chi connectivity index (χ0) is 48.1. The van der Waals surface area contributed by atoms with Crippen molar-refractivity contribution in [1.82, 2.24) is 34.9 Å². The first-order chi connectivity index (χ1) is 32.8. The number of aromatic nitrogens is 2. The van der Waals surface area contributed by atoms with Crippen molar-refractivity contribution < 1.29 is 33.6 Å². The van der Waals surface area contributed by atoms with Gasteiger partial charge in [-0.15, -0.1) is 0 Å². The molecule has 4 fully saturated rings. The molecule has 1 aliphatic carbocycles. The van der Waals surface area contributed by atoms with Crippen LogP contribution in [0.15, 0.2) is 83.7 Å². The van der Waals surface area contributed by atoms with Crippen LogP contribution in [0.2, 0.25) is 0 Å². The molecule has 3 aliphatic heterocycles. The number of primary amides is 1. The smallest absolute Gasteiger partial charge is 0.329 e. The first-order valence-corrected chi connectivity index (χ1v) is 24.2. The van der Waals surface area contributed by atoms with E-state index in [1.54, 1.807) is 21.4 Å². The van der Waals surface area contributed by atoms with E-state index in [4.69, 9.17) is 11.5 Å². The van der Waals surface area contributed by atoms with Gasteiger partial charge < -0.3 is 31.9 Å². The highest BCUT2D eigenvalue weighted by Crippen LogP contribution is 2.39. The third-order valence-corrected chi connectivity index (χ3v) is 14.7. The third kappa shape index (κ3) is 10.6. The Kier molecular flexibility index (Phi) is 14.9. The lowest BCUT2D eigenvalue weighted by Crippen LogP contribution is -2.60. The largest absolute Gasteiger partial charge is 0.370 e. The van der Waals surface area contributed by atoms with Crippen LogP contribution in [0.1, 0.15) is 125 Å². The average Bonchev–Trinajstić information content (AvgIpc) is 3.87. The fraction of sp³-hybridized carbons (Fsp3) is 0.490. The summed E-state index contributed by atoms with van der Waals surface area (Å²) in [6.07, 6.45) is 7.14. The van der Waals surface area contributed by atoms with Crippen LogP contribution in [0.5, 0.6) is 0 Å². The number of nitrogens with two attached hydrogens (primary N) is 2. The topological polar surface area (TPSA) is 241 Å². The molecule has 4 aliphatic rings. The Morgan fingerprint density at radius 3 is 2.15 bits per heavy atom. The van der Waals surface area contributed by atoms with Crippen molar-refractivity contribution in [2.45, 2.75) is 132 Å². The number of carbonyl (C=O) groups excluding carboxylic acids is 7. The van der Waals surface area contributed by atoms with E-state index in [9.17, 15) is 38.4 Å². The minimum atomic E-state index is -1.03. The van der Waals surface area contributed by atoms with Gasteiger partial charge in [0.15, 0.2) is 0 Å². The summed E-state index contributed by atoms with van der Waals surface area (Å²) in [5.74, 6) is -2.01. The molecule has 4 aromatic rings. The molecule has 7 amide bonds. The molecule has 8 rings (SSSR count). The molecular formula is C51H63N9O8. The summed E-state index contributed by atoms with van der Waals surface area (Å²) < 4.78 is 3.06. The van der Waals surface area contributed by atoms with Crippen molar-refractivity contribution in [3.63, 3.8) is 0 Å². The van der Waals surface area contributed by atoms with Gasteiger partial charge in [-0.1, -0.05) is 66.7 Å². The molecule has 360 valence electrons. The first-order valence-electron chi connectivity index (χ1n) is 24.2. The second kappa shape index (κ2) is 21.1. The van der Waals surface area contributed by atoms with Gasteiger partial charge in [-0.05, 0) is 111 Å².